The van der Waals surface area contributed by atoms with Crippen molar-refractivity contribution in [1.29, 1.82) is 0 Å². The van der Waals surface area contributed by atoms with E-state index in [1.54, 1.807) is 30.4 Å². The van der Waals surface area contributed by atoms with Crippen LogP contribution < -0.4 is 20.9 Å². The van der Waals surface area contributed by atoms with Crippen LogP contribution in [0.5, 0.6) is 11.6 Å². The van der Waals surface area contributed by atoms with Crippen LogP contribution in [0.25, 0.3) is 11.0 Å². The van der Waals surface area contributed by atoms with E-state index >= 15 is 0 Å². The number of nitrogens with two attached hydrogens (primary N) is 1. The average Bonchev–Trinajstić information content (AvgIpc) is 2.90. The van der Waals surface area contributed by atoms with Crippen LogP contribution >= 0.6 is 0 Å². The van der Waals surface area contributed by atoms with Crippen molar-refractivity contribution in [3.05, 3.63) is 58.3 Å². The molecule has 134 valence electrons. The van der Waals surface area contributed by atoms with Gasteiger partial charge in [0.2, 0.25) is 5.88 Å². The number of hydrogen-bond donors (Lipinski definition) is 2. The fourth-order valence-electron chi connectivity index (χ4n) is 2.92. The minimum Gasteiger partial charge on any atom is -0.486 e. The summed E-state index contributed by atoms with van der Waals surface area (Å²) in [6.07, 6.45) is 3.22. The fourth-order valence-corrected chi connectivity index (χ4v) is 2.92. The Kier molecular flexibility index (Phi) is 3.87. The zero-order valence-electron chi connectivity index (χ0n) is 14.0. The van der Waals surface area contributed by atoms with Crippen molar-refractivity contribution in [3.63, 3.8) is 0 Å². The smallest absolute Gasteiger partial charge is 0.326 e. The van der Waals surface area contributed by atoms with Crippen LogP contribution in [0.2, 0.25) is 0 Å². The van der Waals surface area contributed by atoms with Crippen LogP contribution in [0.1, 0.15) is 12.5 Å². The highest BCUT2D eigenvalue weighted by Gasteiger charge is 2.15. The van der Waals surface area contributed by atoms with E-state index in [1.165, 1.54) is 10.6 Å². The first-order chi connectivity index (χ1) is 12.5. The second kappa shape index (κ2) is 6.21. The first-order valence-corrected chi connectivity index (χ1v) is 8.15. The third kappa shape index (κ3) is 2.90. The summed E-state index contributed by atoms with van der Waals surface area (Å²) in [6.45, 7) is 2.25. The predicted molar refractivity (Wildman–Crippen MR) is 95.0 cm³/mol. The summed E-state index contributed by atoms with van der Waals surface area (Å²) in [7, 11) is 0. The van der Waals surface area contributed by atoms with Crippen LogP contribution in [-0.2, 0) is 6.54 Å². The van der Waals surface area contributed by atoms with Gasteiger partial charge in [0.05, 0.1) is 12.1 Å². The number of hydrogen-bond acceptors (Lipinski definition) is 5. The number of pyridine rings is 1. The molecule has 3 heterocycles. The quantitative estimate of drug-likeness (QED) is 0.602. The van der Waals surface area contributed by atoms with Gasteiger partial charge in [0, 0.05) is 6.07 Å². The number of H-pyrrole nitrogens is 1. The molecule has 0 saturated heterocycles. The summed E-state index contributed by atoms with van der Waals surface area (Å²) in [5.41, 5.74) is 7.37. The summed E-state index contributed by atoms with van der Waals surface area (Å²) < 4.78 is 26.7. The fraction of sp³-hybridized carbons (Fsp3) is 0.222. The van der Waals surface area contributed by atoms with Crippen LogP contribution in [-0.4, -0.2) is 27.2 Å². The van der Waals surface area contributed by atoms with E-state index < -0.39 is 5.82 Å². The molecule has 1 unspecified atom stereocenters. The van der Waals surface area contributed by atoms with E-state index in [1.807, 2.05) is 6.92 Å². The number of benzene rings is 1. The Labute approximate surface area is 147 Å². The van der Waals surface area contributed by atoms with Gasteiger partial charge in [0.15, 0.2) is 17.4 Å². The molecule has 8 heteroatoms. The molecular weight excluding hydrogens is 339 g/mol. The number of nitrogens with one attached hydrogen (secondary N) is 1. The molecule has 0 aliphatic carbocycles. The third-order valence-electron chi connectivity index (χ3n) is 4.16. The monoisotopic (exact) mass is 356 g/mol. The lowest BCUT2D eigenvalue weighted by Crippen LogP contribution is -2.17. The van der Waals surface area contributed by atoms with Gasteiger partial charge < -0.3 is 20.2 Å². The zero-order chi connectivity index (χ0) is 18.3. The number of nitrogens with zero attached hydrogens (tertiary/aromatic N) is 2. The van der Waals surface area contributed by atoms with Crippen molar-refractivity contribution >= 4 is 16.9 Å². The predicted octanol–water partition coefficient (Wildman–Crippen LogP) is 2.21. The second-order valence-electron chi connectivity index (χ2n) is 6.08. The molecule has 0 amide bonds. The molecule has 2 aromatic heterocycles. The molecule has 0 radical (unpaired) electrons. The summed E-state index contributed by atoms with van der Waals surface area (Å²) in [5.74, 6) is 0.172. The number of halogens is 1. The molecule has 4 rings (SSSR count). The molecule has 0 saturated carbocycles. The van der Waals surface area contributed by atoms with Crippen molar-refractivity contribution in [3.8, 4) is 11.6 Å². The van der Waals surface area contributed by atoms with Crippen molar-refractivity contribution in [2.24, 2.45) is 0 Å². The Bertz CT molecular complexity index is 1070. The number of aromatic nitrogens is 3. The molecule has 1 atom stereocenters. The summed E-state index contributed by atoms with van der Waals surface area (Å²) in [5, 5.41) is 0. The van der Waals surface area contributed by atoms with E-state index in [-0.39, 0.29) is 36.5 Å². The molecule has 1 aliphatic heterocycles. The van der Waals surface area contributed by atoms with Crippen molar-refractivity contribution < 1.29 is 13.9 Å². The summed E-state index contributed by atoms with van der Waals surface area (Å²) in [6, 6.07) is 6.19. The Hall–Kier alpha value is -3.29. The molecule has 0 spiro atoms. The van der Waals surface area contributed by atoms with E-state index in [4.69, 9.17) is 15.2 Å². The average molecular weight is 356 g/mol. The number of fused-ring (bicyclic) bond motifs is 3. The first-order valence-electron chi connectivity index (χ1n) is 8.15. The van der Waals surface area contributed by atoms with Gasteiger partial charge in [-0.15, -0.1) is 0 Å². The lowest BCUT2D eigenvalue weighted by atomic mass is 10.2. The van der Waals surface area contributed by atoms with Crippen molar-refractivity contribution in [2.45, 2.75) is 19.6 Å². The van der Waals surface area contributed by atoms with Gasteiger partial charge in [-0.1, -0.05) is 6.07 Å². The number of aromatic amines is 1. The number of nitrogen functional groups attached to an aromatic ring is 1. The van der Waals surface area contributed by atoms with E-state index in [0.717, 1.165) is 5.56 Å². The molecule has 26 heavy (non-hydrogen) atoms. The van der Waals surface area contributed by atoms with Gasteiger partial charge in [0.1, 0.15) is 18.2 Å². The molecule has 3 aromatic rings. The van der Waals surface area contributed by atoms with Gasteiger partial charge in [-0.05, 0) is 36.8 Å². The number of anilines is 1. The minimum absolute atomic E-state index is 0.132. The Morgan fingerprint density at radius 3 is 3.08 bits per heavy atom. The number of ether oxygens (including phenoxy) is 2. The summed E-state index contributed by atoms with van der Waals surface area (Å²) >= 11 is 0. The highest BCUT2D eigenvalue weighted by molar-refractivity contribution is 5.85. The SMILES string of the molecule is CC1/C=C/COc2cc(ccc2F)Cn2c(=O)[nH]c3c(N)nc(cc32)O1. The highest BCUT2D eigenvalue weighted by atomic mass is 19.1. The Morgan fingerprint density at radius 1 is 1.38 bits per heavy atom. The molecule has 1 aliphatic rings. The van der Waals surface area contributed by atoms with Gasteiger partial charge in [-0.2, -0.15) is 4.98 Å². The van der Waals surface area contributed by atoms with Crippen LogP contribution in [0.15, 0.2) is 41.2 Å². The highest BCUT2D eigenvalue weighted by Crippen LogP contribution is 2.25. The molecule has 0 fully saturated rings. The van der Waals surface area contributed by atoms with Crippen LogP contribution in [0.4, 0.5) is 10.2 Å². The van der Waals surface area contributed by atoms with Crippen molar-refractivity contribution in [2.75, 3.05) is 12.3 Å². The Morgan fingerprint density at radius 2 is 2.23 bits per heavy atom. The van der Waals surface area contributed by atoms with E-state index in [9.17, 15) is 9.18 Å². The van der Waals surface area contributed by atoms with Gasteiger partial charge in [-0.25, -0.2) is 9.18 Å². The first kappa shape index (κ1) is 16.2. The van der Waals surface area contributed by atoms with E-state index in [2.05, 4.69) is 9.97 Å². The normalized spacial score (nSPS) is 18.2. The maximum Gasteiger partial charge on any atom is 0.326 e. The second-order valence-corrected chi connectivity index (χ2v) is 6.08. The standard InChI is InChI=1S/C18H17FN4O3/c1-10-3-2-6-25-14-7-11(4-5-12(14)19)9-23-13-8-15(26-10)21-17(20)16(13)22-18(23)24/h2-5,7-8,10H,6,9H2,1H3,(H2,20,21)(H,22,24)/b3-2+. The van der Waals surface area contributed by atoms with Crippen LogP contribution in [0.3, 0.4) is 0 Å². The lowest BCUT2D eigenvalue weighted by Gasteiger charge is -2.13. The Balaban J connectivity index is 1.91. The number of rotatable bonds is 0. The van der Waals surface area contributed by atoms with Gasteiger partial charge in [-0.3, -0.25) is 4.57 Å². The van der Waals surface area contributed by atoms with Crippen LogP contribution in [0, 0.1) is 5.82 Å². The largest absolute Gasteiger partial charge is 0.486 e. The van der Waals surface area contributed by atoms with E-state index in [0.29, 0.717) is 16.9 Å². The topological polar surface area (TPSA) is 95.2 Å². The lowest BCUT2D eigenvalue weighted by molar-refractivity contribution is 0.258. The summed E-state index contributed by atoms with van der Waals surface area (Å²) in [4.78, 5) is 19.3. The number of imidazole rings is 1. The van der Waals surface area contributed by atoms with Crippen molar-refractivity contribution in [1.82, 2.24) is 14.5 Å². The molecular formula is C18H17FN4O3. The molecule has 1 aromatic carbocycles. The minimum atomic E-state index is -0.458. The molecule has 3 N–H and O–H groups in total. The maximum absolute atomic E-state index is 14.0. The van der Waals surface area contributed by atoms with Gasteiger partial charge >= 0.3 is 5.69 Å². The molecule has 4 bridgehead atoms. The zero-order valence-corrected chi connectivity index (χ0v) is 14.0. The third-order valence-corrected chi connectivity index (χ3v) is 4.16. The molecule has 7 nitrogen and oxygen atoms in total. The van der Waals surface area contributed by atoms with Gasteiger partial charge in [0.25, 0.3) is 0 Å². The maximum atomic E-state index is 14.0.